The predicted octanol–water partition coefficient (Wildman–Crippen LogP) is 20.2. The molecule has 2 unspecified atom stereocenters. The number of carbonyl (C=O) groups excluding carboxylic acids is 8. The van der Waals surface area contributed by atoms with Crippen molar-refractivity contribution in [3.05, 3.63) is 301 Å². The SMILES string of the molecule is C=C(C)C(=O)Oc1ccnc(NC(=O)C(Cc2cccc3c2oc2ccccc23)N2C(=O)c3cc(Oc4cccc(OC)c4)c4c5c(Oc6cccc(OC)c6)cc6c7c(cc(Oc8cccc(OC)c8)c(c8c(Oc9cccc(OC)c9)cc(c3c48)C2=O)c75)C(=O)N(C(Cc2cccc3c2oc2ccccc23)C(=O)Nc2cc(OC(=O)C(=C)C)ccn2)C6=O)c1. The van der Waals surface area contributed by atoms with E-state index in [0.29, 0.717) is 67.2 Å². The van der Waals surface area contributed by atoms with E-state index in [1.54, 1.807) is 133 Å². The summed E-state index contributed by atoms with van der Waals surface area (Å²) in [6.45, 7) is 10.4. The minimum Gasteiger partial charge on any atom is -0.497 e. The van der Waals surface area contributed by atoms with Gasteiger partial charge >= 0.3 is 11.9 Å². The molecule has 4 aromatic heterocycles. The number of carbonyl (C=O) groups is 8. The van der Waals surface area contributed by atoms with Gasteiger partial charge in [0.05, 0.1) is 50.7 Å². The summed E-state index contributed by atoms with van der Waals surface area (Å²) in [6, 6.07) is 59.7. The lowest BCUT2D eigenvalue weighted by atomic mass is 9.80. The quantitative estimate of drug-likeness (QED) is 0.0167. The molecule has 2 N–H and O–H groups in total. The molecule has 0 saturated carbocycles. The van der Waals surface area contributed by atoms with Gasteiger partial charge in [0.2, 0.25) is 11.8 Å². The molecule has 0 bridgehead atoms. The fourth-order valence-electron chi connectivity index (χ4n) is 16.4. The molecule has 6 heterocycles. The number of aromatic nitrogens is 2. The lowest BCUT2D eigenvalue weighted by Crippen LogP contribution is -2.53. The van der Waals surface area contributed by atoms with Gasteiger partial charge < -0.3 is 66.8 Å². The van der Waals surface area contributed by atoms with Crippen LogP contribution < -0.4 is 58.0 Å². The van der Waals surface area contributed by atoms with Crippen molar-refractivity contribution in [3.63, 3.8) is 0 Å². The molecule has 0 fully saturated rings. The van der Waals surface area contributed by atoms with Crippen LogP contribution in [-0.2, 0) is 32.0 Å². The van der Waals surface area contributed by atoms with Gasteiger partial charge in [0.1, 0.15) is 127 Å². The molecule has 6 amide bonds. The summed E-state index contributed by atoms with van der Waals surface area (Å²) in [5.41, 5.74) is 1.99. The number of benzene rings is 13. The van der Waals surface area contributed by atoms with Crippen LogP contribution in [0.3, 0.4) is 0 Å². The van der Waals surface area contributed by atoms with Gasteiger partial charge in [-0.05, 0) is 122 Å². The summed E-state index contributed by atoms with van der Waals surface area (Å²) in [5, 5.41) is 9.03. The molecule has 13 aromatic carbocycles. The van der Waals surface area contributed by atoms with E-state index < -0.39 is 59.5 Å². The van der Waals surface area contributed by atoms with Crippen molar-refractivity contribution < 1.29 is 94.6 Å². The fourth-order valence-corrected chi connectivity index (χ4v) is 16.4. The third-order valence-corrected chi connectivity index (χ3v) is 22.1. The van der Waals surface area contributed by atoms with E-state index in [1.807, 2.05) is 48.5 Å². The fraction of sp³-hybridized carbons (Fsp3) is 0.100. The number of hydrogen-bond donors (Lipinski definition) is 2. The maximum Gasteiger partial charge on any atom is 0.338 e. The number of nitrogens with one attached hydrogen (secondary N) is 2. The third kappa shape index (κ3) is 14.0. The number of pyridine rings is 2. The van der Waals surface area contributed by atoms with Crippen molar-refractivity contribution >= 4 is 146 Å². The average molecular weight is 1680 g/mol. The summed E-state index contributed by atoms with van der Waals surface area (Å²) in [5.74, 6) is -6.19. The van der Waals surface area contributed by atoms with Crippen molar-refractivity contribution in [3.8, 4) is 80.5 Å². The van der Waals surface area contributed by atoms with E-state index in [-0.39, 0.29) is 158 Å². The van der Waals surface area contributed by atoms with Crippen LogP contribution in [0.5, 0.6) is 80.5 Å². The monoisotopic (exact) mass is 1670 g/mol. The zero-order valence-electron chi connectivity index (χ0n) is 68.0. The molecule has 0 spiro atoms. The van der Waals surface area contributed by atoms with Gasteiger partial charge in [0, 0.05) is 137 Å². The second kappa shape index (κ2) is 31.9. The highest BCUT2D eigenvalue weighted by atomic mass is 16.5. The molecule has 0 aliphatic carbocycles. The highest BCUT2D eigenvalue weighted by Gasteiger charge is 2.47. The van der Waals surface area contributed by atoms with Crippen molar-refractivity contribution in [2.24, 2.45) is 0 Å². The normalized spacial score (nSPS) is 12.9. The van der Waals surface area contributed by atoms with Crippen molar-refractivity contribution in [1.29, 1.82) is 0 Å². The number of amides is 6. The van der Waals surface area contributed by atoms with Gasteiger partial charge in [-0.2, -0.15) is 0 Å². The van der Waals surface area contributed by atoms with Crippen molar-refractivity contribution in [2.45, 2.75) is 38.8 Å². The number of furan rings is 2. The molecule has 2 aliphatic heterocycles. The lowest BCUT2D eigenvalue weighted by molar-refractivity contribution is -0.130. The predicted molar refractivity (Wildman–Crippen MR) is 470 cm³/mol. The lowest BCUT2D eigenvalue weighted by Gasteiger charge is -2.36. The Bertz CT molecular complexity index is 6890. The van der Waals surface area contributed by atoms with Crippen LogP contribution in [0.25, 0.3) is 87.0 Å². The minimum atomic E-state index is -1.80. The van der Waals surface area contributed by atoms with Gasteiger partial charge in [0.25, 0.3) is 23.6 Å². The largest absolute Gasteiger partial charge is 0.497 e. The second-order valence-corrected chi connectivity index (χ2v) is 30.1. The number of rotatable bonds is 26. The number of esters is 2. The number of para-hydroxylation sites is 4. The van der Waals surface area contributed by atoms with Gasteiger partial charge in [-0.1, -0.05) is 110 Å². The standard InChI is InChI=1S/C100H70N6O20/c1-51(2)99(113)123-63-35-37-101-81(45-63)103-93(107)73(39-53-19-13-31-67-65-29-9-11-33-75(65)125-91(53)67)105-95(109)69-47-77(119-59-25-15-21-55(41-59)115-5)85-87-79(121-61-27-17-23-57(43-61)117-7)49-71-84-72(50-80(122-62-28-18-24-58(44-62)118-8)88(90(84)87)86-78(48-70(96(105)110)83(69)89(85)86)120-60-26-16-22-56(42-60)116-6)98(112)106(97(71)111)74(94(108)104-82-46-64(36-38-102-82)124-100(114)52(3)4)40-54-20-14-32-68-66-30-10-12-34-76(66)126-92(54)68/h9-38,41-50,73-74H,1,3,39-40H2,2,4-8H3,(H,101,103,107)(H,102,104,108). The number of nitrogens with zero attached hydrogens (tertiary/aromatic N) is 4. The van der Waals surface area contributed by atoms with Crippen molar-refractivity contribution in [1.82, 2.24) is 19.8 Å². The Labute approximate surface area is 715 Å². The van der Waals surface area contributed by atoms with Gasteiger partial charge in [0.15, 0.2) is 0 Å². The number of anilines is 2. The first-order valence-electron chi connectivity index (χ1n) is 39.7. The molecule has 620 valence electrons. The van der Waals surface area contributed by atoms with E-state index in [2.05, 4.69) is 33.8 Å². The smallest absolute Gasteiger partial charge is 0.338 e. The Morgan fingerprint density at radius 3 is 0.968 bits per heavy atom. The van der Waals surface area contributed by atoms with Crippen LogP contribution in [0.1, 0.15) is 66.4 Å². The van der Waals surface area contributed by atoms with Crippen LogP contribution in [0.4, 0.5) is 11.6 Å². The van der Waals surface area contributed by atoms with Crippen LogP contribution in [0, 0.1) is 0 Å². The highest BCUT2D eigenvalue weighted by molar-refractivity contribution is 6.45. The van der Waals surface area contributed by atoms with E-state index in [1.165, 1.54) is 103 Å². The molecule has 17 aromatic rings. The summed E-state index contributed by atoms with van der Waals surface area (Å²) >= 11 is 0. The molecular weight excluding hydrogens is 1610 g/mol. The second-order valence-electron chi connectivity index (χ2n) is 30.1. The number of fused-ring (bicyclic) bond motifs is 8. The first kappa shape index (κ1) is 78.9. The summed E-state index contributed by atoms with van der Waals surface area (Å²) in [7, 11) is 5.90. The molecule has 26 heteroatoms. The van der Waals surface area contributed by atoms with Crippen LogP contribution in [0.2, 0.25) is 0 Å². The van der Waals surface area contributed by atoms with E-state index in [4.69, 9.17) is 56.2 Å². The molecule has 19 rings (SSSR count). The third-order valence-electron chi connectivity index (χ3n) is 22.1. The summed E-state index contributed by atoms with van der Waals surface area (Å²) in [4.78, 5) is 137. The maximum absolute atomic E-state index is 17.1. The van der Waals surface area contributed by atoms with E-state index >= 15 is 28.8 Å². The number of imide groups is 2. The molecule has 126 heavy (non-hydrogen) atoms. The molecule has 2 aliphatic rings. The molecule has 0 saturated heterocycles. The minimum absolute atomic E-state index is 0.00570. The molecule has 26 nitrogen and oxygen atoms in total. The van der Waals surface area contributed by atoms with Crippen LogP contribution in [0.15, 0.2) is 276 Å². The zero-order valence-corrected chi connectivity index (χ0v) is 68.0. The van der Waals surface area contributed by atoms with Gasteiger partial charge in [-0.25, -0.2) is 19.6 Å². The molecular formula is C100H70N6O20. The van der Waals surface area contributed by atoms with Gasteiger partial charge in [-0.3, -0.25) is 38.6 Å². The van der Waals surface area contributed by atoms with Crippen molar-refractivity contribution in [2.75, 3.05) is 39.1 Å². The zero-order chi connectivity index (χ0) is 87.0. The Kier molecular flexibility index (Phi) is 20.0. The highest BCUT2D eigenvalue weighted by Crippen LogP contribution is 2.59. The number of ether oxygens (including phenoxy) is 10. The van der Waals surface area contributed by atoms with E-state index in [0.717, 1.165) is 20.6 Å². The molecule has 2 atom stereocenters. The van der Waals surface area contributed by atoms with Gasteiger partial charge in [-0.15, -0.1) is 0 Å². The van der Waals surface area contributed by atoms with Crippen LogP contribution in [-0.4, -0.2) is 108 Å². The first-order valence-corrected chi connectivity index (χ1v) is 39.7. The molecule has 0 radical (unpaired) electrons. The van der Waals surface area contributed by atoms with Crippen LogP contribution >= 0.6 is 0 Å². The Morgan fingerprint density at radius 1 is 0.349 bits per heavy atom. The van der Waals surface area contributed by atoms with E-state index in [9.17, 15) is 9.59 Å². The Hall–Kier alpha value is -16.9. The summed E-state index contributed by atoms with van der Waals surface area (Å²) in [6.07, 6.45) is 1.84. The average Bonchev–Trinajstić information content (AvgIpc) is 0.770. The Balaban J connectivity index is 0.906. The topological polar surface area (TPSA) is 311 Å². The number of methoxy groups -OCH3 is 4. The Morgan fingerprint density at radius 2 is 0.651 bits per heavy atom. The summed E-state index contributed by atoms with van der Waals surface area (Å²) < 4.78 is 76.9. The first-order chi connectivity index (χ1) is 61.2. The maximum atomic E-state index is 17.1. The number of hydrogen-bond acceptors (Lipinski definition) is 22.